The van der Waals surface area contributed by atoms with Crippen molar-refractivity contribution in [2.75, 3.05) is 54.1 Å². The standard InChI is InChI=1S/C22H31N3O7/c1-5-32-22(29)16-7-6-10-25(13-16)20(27)14-24(2)19(26)12-23-21(28)15-8-9-17(30-3)18(11-15)31-4/h8-9,11,16H,5-7,10,12-14H2,1-4H3,(H,23,28). The summed E-state index contributed by atoms with van der Waals surface area (Å²) < 4.78 is 15.4. The van der Waals surface area contributed by atoms with E-state index >= 15 is 0 Å². The second-order valence-electron chi connectivity index (χ2n) is 7.43. The minimum Gasteiger partial charge on any atom is -0.493 e. The fourth-order valence-electron chi connectivity index (χ4n) is 3.42. The molecule has 1 unspecified atom stereocenters. The van der Waals surface area contributed by atoms with E-state index in [1.807, 2.05) is 0 Å². The Bertz CT molecular complexity index is 843. The number of likely N-dealkylation sites (N-methyl/N-ethyl adjacent to an activating group) is 1. The zero-order chi connectivity index (χ0) is 23.7. The number of hydrogen-bond donors (Lipinski definition) is 1. The third-order valence-corrected chi connectivity index (χ3v) is 5.24. The Morgan fingerprint density at radius 2 is 1.88 bits per heavy atom. The minimum atomic E-state index is -0.452. The molecule has 10 nitrogen and oxygen atoms in total. The Balaban J connectivity index is 1.85. The summed E-state index contributed by atoms with van der Waals surface area (Å²) >= 11 is 0. The maximum absolute atomic E-state index is 12.6. The van der Waals surface area contributed by atoms with Gasteiger partial charge in [0.25, 0.3) is 5.91 Å². The summed E-state index contributed by atoms with van der Waals surface area (Å²) in [4.78, 5) is 52.2. The predicted octanol–water partition coefficient (Wildman–Crippen LogP) is 0.694. The zero-order valence-corrected chi connectivity index (χ0v) is 19.0. The molecule has 1 aromatic rings. The van der Waals surface area contributed by atoms with Crippen LogP contribution in [0.15, 0.2) is 18.2 Å². The van der Waals surface area contributed by atoms with Gasteiger partial charge in [0.15, 0.2) is 11.5 Å². The van der Waals surface area contributed by atoms with Gasteiger partial charge in [0.1, 0.15) is 0 Å². The number of nitrogens with zero attached hydrogens (tertiary/aromatic N) is 2. The van der Waals surface area contributed by atoms with Crippen molar-refractivity contribution in [2.24, 2.45) is 5.92 Å². The van der Waals surface area contributed by atoms with Gasteiger partial charge in [-0.3, -0.25) is 19.2 Å². The molecule has 3 amide bonds. The molecule has 1 heterocycles. The van der Waals surface area contributed by atoms with E-state index in [-0.39, 0.29) is 37.4 Å². The summed E-state index contributed by atoms with van der Waals surface area (Å²) in [6.45, 7) is 2.47. The van der Waals surface area contributed by atoms with Crippen molar-refractivity contribution >= 4 is 23.7 Å². The Morgan fingerprint density at radius 1 is 1.16 bits per heavy atom. The van der Waals surface area contributed by atoms with Crippen LogP contribution in [0.4, 0.5) is 0 Å². The third kappa shape index (κ3) is 6.60. The molecule has 0 bridgehead atoms. The largest absolute Gasteiger partial charge is 0.493 e. The normalized spacial score (nSPS) is 15.5. The average Bonchev–Trinajstić information content (AvgIpc) is 2.81. The monoisotopic (exact) mass is 449 g/mol. The molecular formula is C22H31N3O7. The van der Waals surface area contributed by atoms with Crippen LogP contribution in [0.5, 0.6) is 11.5 Å². The molecule has 1 fully saturated rings. The van der Waals surface area contributed by atoms with E-state index in [0.717, 1.165) is 0 Å². The summed E-state index contributed by atoms with van der Waals surface area (Å²) in [6, 6.07) is 4.68. The highest BCUT2D eigenvalue weighted by atomic mass is 16.5. The van der Waals surface area contributed by atoms with E-state index in [9.17, 15) is 19.2 Å². The maximum Gasteiger partial charge on any atom is 0.310 e. The quantitative estimate of drug-likeness (QED) is 0.552. The number of likely N-dealkylation sites (tertiary alicyclic amines) is 1. The van der Waals surface area contributed by atoms with Gasteiger partial charge in [0.2, 0.25) is 11.8 Å². The molecule has 176 valence electrons. The second kappa shape index (κ2) is 11.9. The first kappa shape index (κ1) is 25.0. The Labute approximate surface area is 187 Å². The molecule has 0 radical (unpaired) electrons. The van der Waals surface area contributed by atoms with E-state index in [0.29, 0.717) is 43.1 Å². The molecule has 1 aliphatic rings. The molecule has 1 saturated heterocycles. The van der Waals surface area contributed by atoms with Crippen LogP contribution >= 0.6 is 0 Å². The first-order valence-electron chi connectivity index (χ1n) is 10.5. The average molecular weight is 450 g/mol. The highest BCUT2D eigenvalue weighted by molar-refractivity contribution is 5.97. The summed E-state index contributed by atoms with van der Waals surface area (Å²) in [5.74, 6) is -0.862. The van der Waals surface area contributed by atoms with Gasteiger partial charge in [-0.15, -0.1) is 0 Å². The minimum absolute atomic E-state index is 0.138. The Morgan fingerprint density at radius 3 is 2.53 bits per heavy atom. The van der Waals surface area contributed by atoms with Crippen molar-refractivity contribution in [1.29, 1.82) is 0 Å². The van der Waals surface area contributed by atoms with Gasteiger partial charge in [-0.05, 0) is 38.0 Å². The number of ether oxygens (including phenoxy) is 3. The summed E-state index contributed by atoms with van der Waals surface area (Å²) in [5, 5.41) is 2.54. The molecule has 32 heavy (non-hydrogen) atoms. The van der Waals surface area contributed by atoms with Crippen LogP contribution in [0, 0.1) is 5.92 Å². The lowest BCUT2D eigenvalue weighted by atomic mass is 9.98. The van der Waals surface area contributed by atoms with Gasteiger partial charge in [-0.1, -0.05) is 0 Å². The number of carbonyl (C=O) groups excluding carboxylic acids is 4. The van der Waals surface area contributed by atoms with Crippen molar-refractivity contribution in [2.45, 2.75) is 19.8 Å². The van der Waals surface area contributed by atoms with Crippen LogP contribution in [-0.2, 0) is 19.1 Å². The first-order valence-corrected chi connectivity index (χ1v) is 10.5. The molecule has 1 aromatic carbocycles. The van der Waals surface area contributed by atoms with Gasteiger partial charge in [0.05, 0.1) is 39.8 Å². The Hall–Kier alpha value is -3.30. The number of nitrogens with one attached hydrogen (secondary N) is 1. The van der Waals surface area contributed by atoms with Crippen LogP contribution in [0.1, 0.15) is 30.1 Å². The van der Waals surface area contributed by atoms with Gasteiger partial charge < -0.3 is 29.3 Å². The summed E-state index contributed by atoms with van der Waals surface area (Å²) in [6.07, 6.45) is 1.38. The van der Waals surface area contributed by atoms with Crippen molar-refractivity contribution in [1.82, 2.24) is 15.1 Å². The van der Waals surface area contributed by atoms with Crippen LogP contribution < -0.4 is 14.8 Å². The lowest BCUT2D eigenvalue weighted by Crippen LogP contribution is -2.48. The Kier molecular flexibility index (Phi) is 9.30. The summed E-state index contributed by atoms with van der Waals surface area (Å²) in [7, 11) is 4.45. The highest BCUT2D eigenvalue weighted by Crippen LogP contribution is 2.27. The third-order valence-electron chi connectivity index (χ3n) is 5.24. The fourth-order valence-corrected chi connectivity index (χ4v) is 3.42. The number of carbonyl (C=O) groups is 4. The molecule has 0 aliphatic carbocycles. The van der Waals surface area contributed by atoms with Gasteiger partial charge >= 0.3 is 5.97 Å². The number of piperidine rings is 1. The number of esters is 1. The molecule has 10 heteroatoms. The highest BCUT2D eigenvalue weighted by Gasteiger charge is 2.30. The predicted molar refractivity (Wildman–Crippen MR) is 115 cm³/mol. The van der Waals surface area contributed by atoms with Crippen LogP contribution in [-0.4, -0.2) is 87.5 Å². The molecular weight excluding hydrogens is 418 g/mol. The molecule has 0 spiro atoms. The lowest BCUT2D eigenvalue weighted by molar-refractivity contribution is -0.152. The smallest absolute Gasteiger partial charge is 0.310 e. The van der Waals surface area contributed by atoms with E-state index in [4.69, 9.17) is 14.2 Å². The van der Waals surface area contributed by atoms with Gasteiger partial charge in [-0.25, -0.2) is 0 Å². The van der Waals surface area contributed by atoms with E-state index in [1.165, 1.54) is 32.2 Å². The molecule has 0 saturated carbocycles. The van der Waals surface area contributed by atoms with E-state index < -0.39 is 11.8 Å². The van der Waals surface area contributed by atoms with Crippen molar-refractivity contribution in [3.63, 3.8) is 0 Å². The van der Waals surface area contributed by atoms with Crippen LogP contribution in [0.2, 0.25) is 0 Å². The number of methoxy groups -OCH3 is 2. The molecule has 1 aliphatic heterocycles. The first-order chi connectivity index (χ1) is 15.3. The number of rotatable bonds is 9. The van der Waals surface area contributed by atoms with Gasteiger partial charge in [0, 0.05) is 25.7 Å². The zero-order valence-electron chi connectivity index (χ0n) is 19.0. The number of hydrogen-bond acceptors (Lipinski definition) is 7. The number of benzene rings is 1. The SMILES string of the molecule is CCOC(=O)C1CCCN(C(=O)CN(C)C(=O)CNC(=O)c2ccc(OC)c(OC)c2)C1. The van der Waals surface area contributed by atoms with Crippen molar-refractivity contribution in [3.05, 3.63) is 23.8 Å². The topological polar surface area (TPSA) is 114 Å². The van der Waals surface area contributed by atoms with Crippen molar-refractivity contribution in [3.8, 4) is 11.5 Å². The van der Waals surface area contributed by atoms with Gasteiger partial charge in [-0.2, -0.15) is 0 Å². The molecule has 0 aromatic heterocycles. The molecule has 2 rings (SSSR count). The number of amides is 3. The fraction of sp³-hybridized carbons (Fsp3) is 0.545. The molecule has 1 atom stereocenters. The van der Waals surface area contributed by atoms with Crippen LogP contribution in [0.3, 0.4) is 0 Å². The van der Waals surface area contributed by atoms with E-state index in [1.54, 1.807) is 24.0 Å². The summed E-state index contributed by atoms with van der Waals surface area (Å²) in [5.41, 5.74) is 0.313. The second-order valence-corrected chi connectivity index (χ2v) is 7.43. The van der Waals surface area contributed by atoms with Crippen molar-refractivity contribution < 1.29 is 33.4 Å². The van der Waals surface area contributed by atoms with E-state index in [2.05, 4.69) is 5.32 Å². The lowest BCUT2D eigenvalue weighted by Gasteiger charge is -2.32. The molecule has 1 N–H and O–H groups in total. The maximum atomic E-state index is 12.6. The van der Waals surface area contributed by atoms with Crippen LogP contribution in [0.25, 0.3) is 0 Å².